The summed E-state index contributed by atoms with van der Waals surface area (Å²) in [7, 11) is 0. The lowest BCUT2D eigenvalue weighted by Crippen LogP contribution is -2.00. The van der Waals surface area contributed by atoms with Gasteiger partial charge in [-0.25, -0.2) is 0 Å². The van der Waals surface area contributed by atoms with Crippen LogP contribution in [0, 0.1) is 5.92 Å². The lowest BCUT2D eigenvalue weighted by atomic mass is 9.99. The Morgan fingerprint density at radius 1 is 1.00 bits per heavy atom. The third kappa shape index (κ3) is 3.82. The van der Waals surface area contributed by atoms with Crippen molar-refractivity contribution < 1.29 is 4.79 Å². The molecule has 0 radical (unpaired) electrons. The molecule has 2 aromatic carbocycles. The van der Waals surface area contributed by atoms with Crippen molar-refractivity contribution in [2.45, 2.75) is 13.3 Å². The van der Waals surface area contributed by atoms with Crippen LogP contribution >= 0.6 is 23.2 Å². The molecule has 0 saturated carbocycles. The average Bonchev–Trinajstić information content (AvgIpc) is 2.38. The zero-order valence-electron chi connectivity index (χ0n) is 10.6. The molecular formula is C16H14Cl2O. The van der Waals surface area contributed by atoms with E-state index in [-0.39, 0.29) is 5.92 Å². The Kier molecular flexibility index (Phi) is 4.62. The minimum absolute atomic E-state index is 0.0477. The molecule has 0 bridgehead atoms. The van der Waals surface area contributed by atoms with Gasteiger partial charge in [-0.05, 0) is 41.3 Å². The summed E-state index contributed by atoms with van der Waals surface area (Å²) in [5, 5.41) is 1.25. The molecule has 0 aliphatic rings. The van der Waals surface area contributed by atoms with Gasteiger partial charge in [-0.3, -0.25) is 0 Å². The molecule has 1 atom stereocenters. The van der Waals surface area contributed by atoms with Crippen molar-refractivity contribution in [2.75, 3.05) is 0 Å². The summed E-state index contributed by atoms with van der Waals surface area (Å²) in [4.78, 5) is 10.6. The van der Waals surface area contributed by atoms with Gasteiger partial charge < -0.3 is 4.79 Å². The van der Waals surface area contributed by atoms with Crippen LogP contribution < -0.4 is 0 Å². The van der Waals surface area contributed by atoms with E-state index >= 15 is 0 Å². The highest BCUT2D eigenvalue weighted by Gasteiger charge is 2.04. The fraction of sp³-hybridized carbons (Fsp3) is 0.188. The van der Waals surface area contributed by atoms with Crippen LogP contribution in [0.25, 0.3) is 11.1 Å². The first-order valence-electron chi connectivity index (χ1n) is 6.09. The SMILES string of the molecule is C[C@@H](C=O)Cc1ccc(-c2cc(Cl)cc(Cl)c2)cc1. The molecule has 0 unspecified atom stereocenters. The molecule has 0 saturated heterocycles. The van der Waals surface area contributed by atoms with Gasteiger partial charge in [0.05, 0.1) is 0 Å². The van der Waals surface area contributed by atoms with E-state index in [1.807, 2.05) is 43.3 Å². The van der Waals surface area contributed by atoms with Gasteiger partial charge in [-0.15, -0.1) is 0 Å². The largest absolute Gasteiger partial charge is 0.303 e. The number of aldehydes is 1. The van der Waals surface area contributed by atoms with Crippen molar-refractivity contribution in [1.29, 1.82) is 0 Å². The summed E-state index contributed by atoms with van der Waals surface area (Å²) in [5.74, 6) is 0.0477. The van der Waals surface area contributed by atoms with Gasteiger partial charge in [0.15, 0.2) is 0 Å². The first kappa shape index (κ1) is 14.1. The standard InChI is InChI=1S/C16H14Cl2O/c1-11(10-19)6-12-2-4-13(5-3-12)14-7-15(17)9-16(18)8-14/h2-5,7-11H,6H2,1H3/t11-/m1/s1. The number of halogens is 2. The maximum absolute atomic E-state index is 10.6. The molecular weight excluding hydrogens is 279 g/mol. The fourth-order valence-corrected chi connectivity index (χ4v) is 2.50. The van der Waals surface area contributed by atoms with E-state index in [4.69, 9.17) is 23.2 Å². The van der Waals surface area contributed by atoms with E-state index in [0.29, 0.717) is 10.0 Å². The van der Waals surface area contributed by atoms with E-state index < -0.39 is 0 Å². The van der Waals surface area contributed by atoms with E-state index in [1.54, 1.807) is 6.07 Å². The molecule has 2 rings (SSSR count). The van der Waals surface area contributed by atoms with Crippen LogP contribution in [-0.4, -0.2) is 6.29 Å². The molecule has 1 nitrogen and oxygen atoms in total. The Hall–Kier alpha value is -1.31. The summed E-state index contributed by atoms with van der Waals surface area (Å²) in [6.07, 6.45) is 1.74. The highest BCUT2D eigenvalue weighted by molar-refractivity contribution is 6.35. The van der Waals surface area contributed by atoms with E-state index in [0.717, 1.165) is 29.4 Å². The van der Waals surface area contributed by atoms with Gasteiger partial charge in [0.25, 0.3) is 0 Å². The van der Waals surface area contributed by atoms with Crippen LogP contribution in [-0.2, 0) is 11.2 Å². The average molecular weight is 293 g/mol. The molecule has 0 fully saturated rings. The maximum Gasteiger partial charge on any atom is 0.123 e. The molecule has 0 N–H and O–H groups in total. The predicted molar refractivity (Wildman–Crippen MR) is 80.8 cm³/mol. The minimum atomic E-state index is 0.0477. The first-order chi connectivity index (χ1) is 9.08. The quantitative estimate of drug-likeness (QED) is 0.722. The van der Waals surface area contributed by atoms with Crippen molar-refractivity contribution in [1.82, 2.24) is 0 Å². The fourth-order valence-electron chi connectivity index (χ4n) is 1.97. The zero-order chi connectivity index (χ0) is 13.8. The highest BCUT2D eigenvalue weighted by Crippen LogP contribution is 2.27. The van der Waals surface area contributed by atoms with E-state index in [1.165, 1.54) is 0 Å². The zero-order valence-corrected chi connectivity index (χ0v) is 12.1. The van der Waals surface area contributed by atoms with Crippen LogP contribution in [0.15, 0.2) is 42.5 Å². The molecule has 0 aliphatic heterocycles. The first-order valence-corrected chi connectivity index (χ1v) is 6.85. The smallest absolute Gasteiger partial charge is 0.123 e. The summed E-state index contributed by atoms with van der Waals surface area (Å²) >= 11 is 12.0. The van der Waals surface area contributed by atoms with Crippen molar-refractivity contribution >= 4 is 29.5 Å². The van der Waals surface area contributed by atoms with Crippen LogP contribution in [0.1, 0.15) is 12.5 Å². The number of hydrogen-bond donors (Lipinski definition) is 0. The molecule has 0 aliphatic carbocycles. The Bertz CT molecular complexity index is 556. The summed E-state index contributed by atoms with van der Waals surface area (Å²) in [5.41, 5.74) is 3.20. The Labute approximate surface area is 123 Å². The second-order valence-electron chi connectivity index (χ2n) is 4.67. The number of hydrogen-bond acceptors (Lipinski definition) is 1. The van der Waals surface area contributed by atoms with E-state index in [9.17, 15) is 4.79 Å². The second-order valence-corrected chi connectivity index (χ2v) is 5.55. The number of benzene rings is 2. The maximum atomic E-state index is 10.6. The minimum Gasteiger partial charge on any atom is -0.303 e. The molecule has 0 spiro atoms. The lowest BCUT2D eigenvalue weighted by Gasteiger charge is -2.07. The molecule has 2 aromatic rings. The molecule has 3 heteroatoms. The van der Waals surface area contributed by atoms with Gasteiger partial charge in [-0.2, -0.15) is 0 Å². The Balaban J connectivity index is 2.24. The molecule has 19 heavy (non-hydrogen) atoms. The van der Waals surface area contributed by atoms with Gasteiger partial charge in [-0.1, -0.05) is 54.4 Å². The highest BCUT2D eigenvalue weighted by atomic mass is 35.5. The topological polar surface area (TPSA) is 17.1 Å². The van der Waals surface area contributed by atoms with Crippen molar-refractivity contribution in [3.8, 4) is 11.1 Å². The molecule has 0 heterocycles. The normalized spacial score (nSPS) is 12.2. The van der Waals surface area contributed by atoms with Gasteiger partial charge in [0, 0.05) is 16.0 Å². The van der Waals surface area contributed by atoms with Crippen LogP contribution in [0.5, 0.6) is 0 Å². The number of carbonyl (C=O) groups is 1. The van der Waals surface area contributed by atoms with Crippen LogP contribution in [0.3, 0.4) is 0 Å². The Morgan fingerprint density at radius 2 is 1.58 bits per heavy atom. The third-order valence-corrected chi connectivity index (χ3v) is 3.38. The van der Waals surface area contributed by atoms with Gasteiger partial charge in [0.2, 0.25) is 0 Å². The summed E-state index contributed by atoms with van der Waals surface area (Å²) < 4.78 is 0. The lowest BCUT2D eigenvalue weighted by molar-refractivity contribution is -0.110. The molecule has 0 amide bonds. The van der Waals surface area contributed by atoms with Crippen LogP contribution in [0.2, 0.25) is 10.0 Å². The number of rotatable bonds is 4. The monoisotopic (exact) mass is 292 g/mol. The van der Waals surface area contributed by atoms with Crippen molar-refractivity contribution in [2.24, 2.45) is 5.92 Å². The van der Waals surface area contributed by atoms with Gasteiger partial charge >= 0.3 is 0 Å². The Morgan fingerprint density at radius 3 is 2.11 bits per heavy atom. The molecule has 0 aromatic heterocycles. The van der Waals surface area contributed by atoms with Crippen molar-refractivity contribution in [3.63, 3.8) is 0 Å². The van der Waals surface area contributed by atoms with Crippen LogP contribution in [0.4, 0.5) is 0 Å². The van der Waals surface area contributed by atoms with Gasteiger partial charge in [0.1, 0.15) is 6.29 Å². The predicted octanol–water partition coefficient (Wildman–Crippen LogP) is 5.04. The second kappa shape index (κ2) is 6.23. The summed E-state index contributed by atoms with van der Waals surface area (Å²) in [6.45, 7) is 1.91. The third-order valence-electron chi connectivity index (χ3n) is 2.94. The van der Waals surface area contributed by atoms with Crippen molar-refractivity contribution in [3.05, 3.63) is 58.1 Å². The number of carbonyl (C=O) groups excluding carboxylic acids is 1. The van der Waals surface area contributed by atoms with E-state index in [2.05, 4.69) is 0 Å². The molecule has 98 valence electrons. The summed E-state index contributed by atoms with van der Waals surface area (Å²) in [6, 6.07) is 13.6.